The first-order chi connectivity index (χ1) is 9.06. The number of ether oxygens (including phenoxy) is 1. The summed E-state index contributed by atoms with van der Waals surface area (Å²) in [7, 11) is 0. The van der Waals surface area contributed by atoms with E-state index in [1.807, 2.05) is 4.90 Å². The number of nitrogens with zero attached hydrogens (tertiary/aromatic N) is 2. The second-order valence-electron chi connectivity index (χ2n) is 4.83. The van der Waals surface area contributed by atoms with Gasteiger partial charge in [0, 0.05) is 39.0 Å². The van der Waals surface area contributed by atoms with Gasteiger partial charge in [-0.2, -0.15) is 0 Å². The Kier molecular flexibility index (Phi) is 4.49. The number of rotatable bonds is 5. The van der Waals surface area contributed by atoms with E-state index in [0.717, 1.165) is 0 Å². The van der Waals surface area contributed by atoms with Gasteiger partial charge in [-0.15, -0.1) is 0 Å². The lowest BCUT2D eigenvalue weighted by Gasteiger charge is -2.32. The number of likely N-dealkylation sites (tertiary alicyclic amines) is 1. The highest BCUT2D eigenvalue weighted by atomic mass is 16.5. The first-order valence-electron chi connectivity index (χ1n) is 6.45. The normalized spacial score (nSPS) is 25.1. The summed E-state index contributed by atoms with van der Waals surface area (Å²) in [6.07, 6.45) is 0.293. The van der Waals surface area contributed by atoms with Crippen LogP contribution >= 0.6 is 0 Å². The van der Waals surface area contributed by atoms with Crippen molar-refractivity contribution in [3.63, 3.8) is 0 Å². The summed E-state index contributed by atoms with van der Waals surface area (Å²) in [6, 6.07) is 0. The Morgan fingerprint density at radius 1 is 1.26 bits per heavy atom. The lowest BCUT2D eigenvalue weighted by molar-refractivity contribution is -0.142. The lowest BCUT2D eigenvalue weighted by Crippen LogP contribution is -2.46. The van der Waals surface area contributed by atoms with Gasteiger partial charge in [0.05, 0.1) is 19.1 Å². The third-order valence-electron chi connectivity index (χ3n) is 3.42. The molecule has 2 heterocycles. The van der Waals surface area contributed by atoms with Crippen molar-refractivity contribution < 1.29 is 24.2 Å². The highest BCUT2D eigenvalue weighted by Gasteiger charge is 2.29. The summed E-state index contributed by atoms with van der Waals surface area (Å²) in [6.45, 7) is 2.68. The van der Waals surface area contributed by atoms with Gasteiger partial charge < -0.3 is 9.84 Å². The predicted octanol–water partition coefficient (Wildman–Crippen LogP) is -0.689. The summed E-state index contributed by atoms with van der Waals surface area (Å²) < 4.78 is 5.36. The van der Waals surface area contributed by atoms with Gasteiger partial charge in [0.1, 0.15) is 0 Å². The molecule has 2 aliphatic rings. The monoisotopic (exact) mass is 270 g/mol. The van der Waals surface area contributed by atoms with Gasteiger partial charge in [0.15, 0.2) is 0 Å². The van der Waals surface area contributed by atoms with Crippen molar-refractivity contribution in [2.24, 2.45) is 0 Å². The number of aliphatic carboxylic acids is 1. The molecule has 2 saturated heterocycles. The molecule has 7 nitrogen and oxygen atoms in total. The summed E-state index contributed by atoms with van der Waals surface area (Å²) in [5.74, 6) is -1.10. The summed E-state index contributed by atoms with van der Waals surface area (Å²) in [5.41, 5.74) is 0. The zero-order valence-electron chi connectivity index (χ0n) is 10.7. The van der Waals surface area contributed by atoms with E-state index in [1.165, 1.54) is 4.90 Å². The Hall–Kier alpha value is -1.47. The lowest BCUT2D eigenvalue weighted by atomic mass is 10.2. The largest absolute Gasteiger partial charge is 0.481 e. The molecule has 0 saturated carbocycles. The Labute approximate surface area is 111 Å². The molecule has 7 heteroatoms. The van der Waals surface area contributed by atoms with E-state index in [4.69, 9.17) is 9.84 Å². The maximum atomic E-state index is 11.5. The molecule has 1 unspecified atom stereocenters. The first-order valence-corrected chi connectivity index (χ1v) is 6.45. The van der Waals surface area contributed by atoms with Gasteiger partial charge in [0.25, 0.3) is 0 Å². The Morgan fingerprint density at radius 3 is 2.58 bits per heavy atom. The minimum atomic E-state index is -0.878. The molecule has 0 aromatic heterocycles. The van der Waals surface area contributed by atoms with E-state index in [9.17, 15) is 14.4 Å². The minimum Gasteiger partial charge on any atom is -0.481 e. The van der Waals surface area contributed by atoms with Crippen LogP contribution in [0.4, 0.5) is 0 Å². The number of carbonyl (C=O) groups excluding carboxylic acids is 2. The second kappa shape index (κ2) is 6.12. The van der Waals surface area contributed by atoms with E-state index < -0.39 is 5.97 Å². The number of carboxylic acids is 1. The molecule has 106 valence electrons. The van der Waals surface area contributed by atoms with Crippen LogP contribution in [0.2, 0.25) is 0 Å². The highest BCUT2D eigenvalue weighted by Crippen LogP contribution is 2.13. The third-order valence-corrected chi connectivity index (χ3v) is 3.42. The smallest absolute Gasteiger partial charge is 0.306 e. The highest BCUT2D eigenvalue weighted by molar-refractivity contribution is 6.01. The Bertz CT molecular complexity index is 368. The van der Waals surface area contributed by atoms with Crippen LogP contribution < -0.4 is 0 Å². The molecule has 2 fully saturated rings. The van der Waals surface area contributed by atoms with Crippen LogP contribution in [0.25, 0.3) is 0 Å². The van der Waals surface area contributed by atoms with Crippen molar-refractivity contribution in [1.82, 2.24) is 9.80 Å². The van der Waals surface area contributed by atoms with Crippen molar-refractivity contribution in [2.75, 3.05) is 32.8 Å². The van der Waals surface area contributed by atoms with Gasteiger partial charge in [-0.1, -0.05) is 0 Å². The fourth-order valence-corrected chi connectivity index (χ4v) is 2.42. The fourth-order valence-electron chi connectivity index (χ4n) is 2.42. The molecular formula is C12H18N2O5. The molecular weight excluding hydrogens is 252 g/mol. The van der Waals surface area contributed by atoms with Crippen molar-refractivity contribution in [2.45, 2.75) is 25.4 Å². The molecule has 1 N–H and O–H groups in total. The van der Waals surface area contributed by atoms with Gasteiger partial charge >= 0.3 is 5.97 Å². The van der Waals surface area contributed by atoms with Crippen LogP contribution in [0.5, 0.6) is 0 Å². The van der Waals surface area contributed by atoms with Crippen LogP contribution in [0.1, 0.15) is 19.3 Å². The molecule has 2 amide bonds. The minimum absolute atomic E-state index is 0.0158. The number of amides is 2. The molecule has 0 bridgehead atoms. The molecule has 2 aliphatic heterocycles. The average Bonchev–Trinajstić information content (AvgIpc) is 2.66. The van der Waals surface area contributed by atoms with Crippen LogP contribution in [0.15, 0.2) is 0 Å². The Morgan fingerprint density at radius 2 is 1.95 bits per heavy atom. The van der Waals surface area contributed by atoms with E-state index in [2.05, 4.69) is 0 Å². The van der Waals surface area contributed by atoms with Crippen LogP contribution in [-0.2, 0) is 19.1 Å². The van der Waals surface area contributed by atoms with E-state index >= 15 is 0 Å². The number of hydrogen-bond donors (Lipinski definition) is 1. The number of hydrogen-bond acceptors (Lipinski definition) is 5. The van der Waals surface area contributed by atoms with Crippen molar-refractivity contribution in [1.29, 1.82) is 0 Å². The second-order valence-corrected chi connectivity index (χ2v) is 4.83. The molecule has 0 radical (unpaired) electrons. The number of morpholine rings is 1. The fraction of sp³-hybridized carbons (Fsp3) is 0.750. The number of carbonyl (C=O) groups is 3. The molecule has 0 aromatic carbocycles. The third kappa shape index (κ3) is 3.74. The van der Waals surface area contributed by atoms with E-state index in [1.54, 1.807) is 0 Å². The molecule has 0 spiro atoms. The molecule has 2 rings (SSSR count). The van der Waals surface area contributed by atoms with Crippen molar-refractivity contribution >= 4 is 17.8 Å². The molecule has 1 atom stereocenters. The summed E-state index contributed by atoms with van der Waals surface area (Å²) in [4.78, 5) is 36.9. The first kappa shape index (κ1) is 14.0. The SMILES string of the molecule is O=C(O)CC1CN(CCN2C(=O)CCC2=O)CCO1. The van der Waals surface area contributed by atoms with Gasteiger partial charge in [0.2, 0.25) is 11.8 Å². The van der Waals surface area contributed by atoms with Crippen molar-refractivity contribution in [3.8, 4) is 0 Å². The Balaban J connectivity index is 1.77. The molecule has 0 aliphatic carbocycles. The van der Waals surface area contributed by atoms with E-state index in [0.29, 0.717) is 45.6 Å². The maximum Gasteiger partial charge on any atom is 0.306 e. The average molecular weight is 270 g/mol. The predicted molar refractivity (Wildman–Crippen MR) is 64.4 cm³/mol. The number of carboxylic acid groups (broad SMARTS) is 1. The van der Waals surface area contributed by atoms with E-state index in [-0.39, 0.29) is 24.3 Å². The summed E-state index contributed by atoms with van der Waals surface area (Å²) in [5, 5.41) is 8.73. The molecule has 0 aromatic rings. The molecule has 19 heavy (non-hydrogen) atoms. The van der Waals surface area contributed by atoms with Crippen LogP contribution in [-0.4, -0.2) is 71.6 Å². The van der Waals surface area contributed by atoms with Crippen LogP contribution in [0.3, 0.4) is 0 Å². The van der Waals surface area contributed by atoms with Gasteiger partial charge in [-0.05, 0) is 0 Å². The quantitative estimate of drug-likeness (QED) is 0.665. The zero-order valence-corrected chi connectivity index (χ0v) is 10.7. The topological polar surface area (TPSA) is 87.2 Å². The van der Waals surface area contributed by atoms with Crippen molar-refractivity contribution in [3.05, 3.63) is 0 Å². The van der Waals surface area contributed by atoms with Gasteiger partial charge in [-0.3, -0.25) is 24.2 Å². The van der Waals surface area contributed by atoms with Crippen LogP contribution in [0, 0.1) is 0 Å². The van der Waals surface area contributed by atoms with Gasteiger partial charge in [-0.25, -0.2) is 0 Å². The summed E-state index contributed by atoms with van der Waals surface area (Å²) >= 11 is 0. The standard InChI is InChI=1S/C12H18N2O5/c15-10-1-2-11(16)14(10)4-3-13-5-6-19-9(8-13)7-12(17)18/h9H,1-8H2,(H,17,18). The zero-order chi connectivity index (χ0) is 13.8. The maximum absolute atomic E-state index is 11.5. The number of imide groups is 1.